The summed E-state index contributed by atoms with van der Waals surface area (Å²) in [5.74, 6) is 0.878. The highest BCUT2D eigenvalue weighted by Crippen LogP contribution is 2.28. The smallest absolute Gasteiger partial charge is 0.226 e. The second-order valence-electron chi connectivity index (χ2n) is 6.94. The van der Waals surface area contributed by atoms with Crippen LogP contribution in [0.15, 0.2) is 89.1 Å². The first-order chi connectivity index (χ1) is 15.2. The minimum absolute atomic E-state index is 0.00275. The third-order valence-electron chi connectivity index (χ3n) is 4.67. The van der Waals surface area contributed by atoms with Crippen molar-refractivity contribution in [1.29, 1.82) is 0 Å². The number of nitrogens with one attached hydrogen (secondary N) is 1. The maximum Gasteiger partial charge on any atom is 0.226 e. The Balaban J connectivity index is 1.26. The molecule has 6 heteroatoms. The number of halogens is 1. The molecule has 0 unspecified atom stereocenters. The monoisotopic (exact) mass is 464 g/mol. The fraction of sp³-hybridized carbons (Fsp3) is 0.120. The molecule has 0 fully saturated rings. The molecule has 1 N–H and O–H groups in total. The number of anilines is 1. The maximum atomic E-state index is 12.2. The van der Waals surface area contributed by atoms with Crippen LogP contribution < -0.4 is 5.32 Å². The van der Waals surface area contributed by atoms with Crippen LogP contribution in [-0.4, -0.2) is 16.6 Å². The van der Waals surface area contributed by atoms with Crippen LogP contribution in [0.25, 0.3) is 22.4 Å². The second kappa shape index (κ2) is 10.6. The minimum Gasteiger partial charge on any atom is -0.302 e. The summed E-state index contributed by atoms with van der Waals surface area (Å²) in [6.07, 6.45) is 1.28. The summed E-state index contributed by atoms with van der Waals surface area (Å²) in [4.78, 5) is 18.0. The van der Waals surface area contributed by atoms with Gasteiger partial charge in [0.05, 0.1) is 5.69 Å². The zero-order chi connectivity index (χ0) is 21.5. The molecule has 3 nitrogen and oxygen atoms in total. The molecule has 0 saturated carbocycles. The van der Waals surface area contributed by atoms with Crippen molar-refractivity contribution in [2.75, 3.05) is 11.1 Å². The highest BCUT2D eigenvalue weighted by molar-refractivity contribution is 7.99. The fourth-order valence-electron chi connectivity index (χ4n) is 3.06. The standard InChI is InChI=1S/C25H21ClN2OS2/c26-21-12-14-22(15-13-21)30-16-4-7-24(29)28-25-27-23(17-31-25)20-10-8-19(9-11-20)18-5-2-1-3-6-18/h1-3,5-6,8-15,17H,4,7,16H2,(H,27,28,29). The van der Waals surface area contributed by atoms with Crippen molar-refractivity contribution in [3.05, 3.63) is 89.3 Å². The minimum atomic E-state index is -0.00275. The van der Waals surface area contributed by atoms with Crippen molar-refractivity contribution in [3.8, 4) is 22.4 Å². The number of carbonyl (C=O) groups excluding carboxylic acids is 1. The molecule has 0 atom stereocenters. The third kappa shape index (κ3) is 6.20. The van der Waals surface area contributed by atoms with Gasteiger partial charge < -0.3 is 5.32 Å². The molecule has 31 heavy (non-hydrogen) atoms. The van der Waals surface area contributed by atoms with E-state index in [-0.39, 0.29) is 5.91 Å². The lowest BCUT2D eigenvalue weighted by atomic mass is 10.0. The van der Waals surface area contributed by atoms with Gasteiger partial charge in [0, 0.05) is 27.3 Å². The summed E-state index contributed by atoms with van der Waals surface area (Å²) in [6, 6.07) is 26.4. The van der Waals surface area contributed by atoms with E-state index in [0.29, 0.717) is 11.6 Å². The van der Waals surface area contributed by atoms with Crippen molar-refractivity contribution in [3.63, 3.8) is 0 Å². The number of hydrogen-bond acceptors (Lipinski definition) is 4. The molecule has 156 valence electrons. The van der Waals surface area contributed by atoms with Gasteiger partial charge in [0.2, 0.25) is 5.91 Å². The van der Waals surface area contributed by atoms with E-state index in [2.05, 4.69) is 46.7 Å². The first-order valence-electron chi connectivity index (χ1n) is 9.97. The Morgan fingerprint density at radius 3 is 2.32 bits per heavy atom. The summed E-state index contributed by atoms with van der Waals surface area (Å²) in [6.45, 7) is 0. The van der Waals surface area contributed by atoms with Crippen molar-refractivity contribution in [1.82, 2.24) is 4.98 Å². The lowest BCUT2D eigenvalue weighted by Gasteiger charge is -2.04. The van der Waals surface area contributed by atoms with Crippen LogP contribution in [0.5, 0.6) is 0 Å². The number of thiazole rings is 1. The molecule has 1 amide bonds. The van der Waals surface area contributed by atoms with Crippen LogP contribution in [0.1, 0.15) is 12.8 Å². The fourth-order valence-corrected chi connectivity index (χ4v) is 4.78. The average molecular weight is 465 g/mol. The van der Waals surface area contributed by atoms with Crippen LogP contribution in [0, 0.1) is 0 Å². The average Bonchev–Trinajstić information content (AvgIpc) is 3.27. The van der Waals surface area contributed by atoms with Crippen molar-refractivity contribution in [2.45, 2.75) is 17.7 Å². The van der Waals surface area contributed by atoms with Crippen molar-refractivity contribution >= 4 is 45.7 Å². The van der Waals surface area contributed by atoms with Crippen LogP contribution in [0.2, 0.25) is 5.02 Å². The zero-order valence-electron chi connectivity index (χ0n) is 16.8. The van der Waals surface area contributed by atoms with Gasteiger partial charge in [-0.3, -0.25) is 4.79 Å². The van der Waals surface area contributed by atoms with Crippen LogP contribution in [0.3, 0.4) is 0 Å². The molecule has 0 spiro atoms. The van der Waals surface area contributed by atoms with E-state index >= 15 is 0 Å². The number of amides is 1. The second-order valence-corrected chi connectivity index (χ2v) is 9.40. The molecule has 4 rings (SSSR count). The van der Waals surface area contributed by atoms with E-state index in [1.54, 1.807) is 11.8 Å². The molecule has 1 aromatic heterocycles. The van der Waals surface area contributed by atoms with Crippen LogP contribution >= 0.6 is 34.7 Å². The largest absolute Gasteiger partial charge is 0.302 e. The van der Waals surface area contributed by atoms with Gasteiger partial charge in [0.1, 0.15) is 0 Å². The Hall–Kier alpha value is -2.60. The Morgan fingerprint density at radius 2 is 1.58 bits per heavy atom. The number of aromatic nitrogens is 1. The zero-order valence-corrected chi connectivity index (χ0v) is 19.1. The van der Waals surface area contributed by atoms with Gasteiger partial charge >= 0.3 is 0 Å². The molecular weight excluding hydrogens is 444 g/mol. The van der Waals surface area contributed by atoms with Crippen LogP contribution in [0.4, 0.5) is 5.13 Å². The normalized spacial score (nSPS) is 10.7. The molecule has 0 radical (unpaired) electrons. The molecule has 0 aliphatic heterocycles. The van der Waals surface area contributed by atoms with Gasteiger partial charge in [0.25, 0.3) is 0 Å². The third-order valence-corrected chi connectivity index (χ3v) is 6.78. The van der Waals surface area contributed by atoms with E-state index in [4.69, 9.17) is 11.6 Å². The van der Waals surface area contributed by atoms with Gasteiger partial charge in [-0.2, -0.15) is 0 Å². The van der Waals surface area contributed by atoms with E-state index in [1.807, 2.05) is 47.8 Å². The molecule has 0 saturated heterocycles. The van der Waals surface area contributed by atoms with E-state index in [0.717, 1.165) is 33.3 Å². The van der Waals surface area contributed by atoms with Gasteiger partial charge in [-0.05, 0) is 47.6 Å². The van der Waals surface area contributed by atoms with E-state index in [1.165, 1.54) is 22.5 Å². The number of nitrogens with zero attached hydrogens (tertiary/aromatic N) is 1. The highest BCUT2D eigenvalue weighted by Gasteiger charge is 2.09. The topological polar surface area (TPSA) is 42.0 Å². The number of thioether (sulfide) groups is 1. The van der Waals surface area contributed by atoms with Gasteiger partial charge in [0.15, 0.2) is 5.13 Å². The van der Waals surface area contributed by atoms with Crippen molar-refractivity contribution < 1.29 is 4.79 Å². The molecule has 0 aliphatic carbocycles. The lowest BCUT2D eigenvalue weighted by molar-refractivity contribution is -0.116. The SMILES string of the molecule is O=C(CCCSc1ccc(Cl)cc1)Nc1nc(-c2ccc(-c3ccccc3)cc2)cs1. The number of benzene rings is 3. The molecule has 0 aliphatic rings. The summed E-state index contributed by atoms with van der Waals surface area (Å²) in [7, 11) is 0. The van der Waals surface area contributed by atoms with E-state index in [9.17, 15) is 4.79 Å². The van der Waals surface area contributed by atoms with Gasteiger partial charge in [-0.1, -0.05) is 66.2 Å². The Morgan fingerprint density at radius 1 is 0.903 bits per heavy atom. The number of hydrogen-bond donors (Lipinski definition) is 1. The number of rotatable bonds is 8. The molecule has 1 heterocycles. The highest BCUT2D eigenvalue weighted by atomic mass is 35.5. The van der Waals surface area contributed by atoms with Gasteiger partial charge in [-0.15, -0.1) is 23.1 Å². The molecular formula is C25H21ClN2OS2. The van der Waals surface area contributed by atoms with Crippen molar-refractivity contribution in [2.24, 2.45) is 0 Å². The summed E-state index contributed by atoms with van der Waals surface area (Å²) >= 11 is 9.07. The maximum absolute atomic E-state index is 12.2. The van der Waals surface area contributed by atoms with Crippen LogP contribution in [-0.2, 0) is 4.79 Å². The summed E-state index contributed by atoms with van der Waals surface area (Å²) < 4.78 is 0. The Bertz CT molecular complexity index is 1130. The quantitative estimate of drug-likeness (QED) is 0.215. The van der Waals surface area contributed by atoms with Gasteiger partial charge in [-0.25, -0.2) is 4.98 Å². The summed E-state index contributed by atoms with van der Waals surface area (Å²) in [5.41, 5.74) is 4.27. The first kappa shape index (κ1) is 21.6. The first-order valence-corrected chi connectivity index (χ1v) is 12.2. The van der Waals surface area contributed by atoms with E-state index < -0.39 is 0 Å². The number of carbonyl (C=O) groups is 1. The predicted octanol–water partition coefficient (Wildman–Crippen LogP) is 7.64. The predicted molar refractivity (Wildman–Crippen MR) is 133 cm³/mol. The Kier molecular flexibility index (Phi) is 7.41. The lowest BCUT2D eigenvalue weighted by Crippen LogP contribution is -2.11. The molecule has 3 aromatic carbocycles. The molecule has 4 aromatic rings. The summed E-state index contributed by atoms with van der Waals surface area (Å²) in [5, 5.41) is 6.26. The molecule has 0 bridgehead atoms. The Labute approximate surface area is 195 Å².